The van der Waals surface area contributed by atoms with Crippen LogP contribution in [0.2, 0.25) is 0 Å². The van der Waals surface area contributed by atoms with Crippen LogP contribution in [0, 0.1) is 0 Å². The van der Waals surface area contributed by atoms with Crippen LogP contribution < -0.4 is 10.3 Å². The van der Waals surface area contributed by atoms with Crippen LogP contribution in [0.5, 0.6) is 0 Å². The van der Waals surface area contributed by atoms with Gasteiger partial charge in [0.15, 0.2) is 0 Å². The molecule has 1 rings (SSSR count). The molecule has 0 aromatic carbocycles. The molecule has 1 heterocycles. The van der Waals surface area contributed by atoms with Gasteiger partial charge in [-0.3, -0.25) is 5.32 Å². The summed E-state index contributed by atoms with van der Waals surface area (Å²) in [6.07, 6.45) is 4.30. The minimum absolute atomic E-state index is 1.01. The fourth-order valence-electron chi connectivity index (χ4n) is 0.624. The van der Waals surface area contributed by atoms with Crippen molar-refractivity contribution >= 4 is 6.34 Å². The van der Waals surface area contributed by atoms with Crippen molar-refractivity contribution in [2.45, 2.75) is 12.8 Å². The highest BCUT2D eigenvalue weighted by molar-refractivity contribution is 5.52. The van der Waals surface area contributed by atoms with Gasteiger partial charge in [-0.1, -0.05) is 4.99 Å². The van der Waals surface area contributed by atoms with E-state index in [-0.39, 0.29) is 0 Å². The number of aliphatic imine (C=N–C) groups is 1. The highest BCUT2D eigenvalue weighted by Crippen LogP contribution is 1.83. The summed E-state index contributed by atoms with van der Waals surface area (Å²) in [5.41, 5.74) is 0. The third kappa shape index (κ3) is 1.57. The van der Waals surface area contributed by atoms with Crippen molar-refractivity contribution in [2.75, 3.05) is 13.1 Å². The lowest BCUT2D eigenvalue weighted by atomic mass is 10.3. The molecule has 2 nitrogen and oxygen atoms in total. The van der Waals surface area contributed by atoms with Crippen LogP contribution in [-0.2, 0) is 0 Å². The zero-order valence-corrected chi connectivity index (χ0v) is 4.35. The van der Waals surface area contributed by atoms with Crippen LogP contribution in [-0.4, -0.2) is 19.4 Å². The van der Waals surface area contributed by atoms with Gasteiger partial charge in [0.25, 0.3) is 6.34 Å². The molecule has 0 saturated carbocycles. The molecule has 1 aliphatic heterocycles. The molecule has 1 N–H and O–H groups in total. The van der Waals surface area contributed by atoms with Crippen molar-refractivity contribution in [3.05, 3.63) is 0 Å². The minimum atomic E-state index is 1.01. The highest BCUT2D eigenvalue weighted by Gasteiger charge is 1.95. The minimum Gasteiger partial charge on any atom is -0.278 e. The first-order valence-corrected chi connectivity index (χ1v) is 2.72. The maximum Gasteiger partial charge on any atom is 0.273 e. The Morgan fingerprint density at radius 1 is 1.43 bits per heavy atom. The molecule has 0 aromatic heterocycles. The molecule has 2 heteroatoms. The molecule has 0 aromatic rings. The van der Waals surface area contributed by atoms with Gasteiger partial charge in [-0.15, -0.1) is 0 Å². The Morgan fingerprint density at radius 2 is 2.43 bits per heavy atom. The quantitative estimate of drug-likeness (QED) is 0.443. The summed E-state index contributed by atoms with van der Waals surface area (Å²) in [6, 6.07) is 0. The molecule has 0 spiro atoms. The van der Waals surface area contributed by atoms with E-state index >= 15 is 0 Å². The first-order valence-electron chi connectivity index (χ1n) is 2.72. The van der Waals surface area contributed by atoms with Crippen LogP contribution in [0.4, 0.5) is 0 Å². The van der Waals surface area contributed by atoms with Crippen molar-refractivity contribution < 1.29 is 0 Å². The Labute approximate surface area is 43.6 Å². The molecule has 1 radical (unpaired) electrons. The van der Waals surface area contributed by atoms with Crippen molar-refractivity contribution in [3.8, 4) is 0 Å². The van der Waals surface area contributed by atoms with E-state index < -0.39 is 0 Å². The van der Waals surface area contributed by atoms with Crippen LogP contribution in [0.25, 0.3) is 0 Å². The molecule has 7 heavy (non-hydrogen) atoms. The van der Waals surface area contributed by atoms with E-state index in [1.165, 1.54) is 12.8 Å². The van der Waals surface area contributed by atoms with Crippen LogP contribution in [0.3, 0.4) is 0 Å². The molecule has 0 amide bonds. The molecule has 0 bridgehead atoms. The summed E-state index contributed by atoms with van der Waals surface area (Å²) in [6.45, 7) is 2.11. The number of hydrogen-bond acceptors (Lipinski definition) is 2. The SMILES string of the molecule is C1=[N+]CCCCN1. The third-order valence-corrected chi connectivity index (χ3v) is 1.04. The van der Waals surface area contributed by atoms with Gasteiger partial charge in [0.2, 0.25) is 0 Å². The van der Waals surface area contributed by atoms with Gasteiger partial charge < -0.3 is 0 Å². The van der Waals surface area contributed by atoms with Gasteiger partial charge in [0, 0.05) is 0 Å². The van der Waals surface area contributed by atoms with E-state index in [1.807, 2.05) is 0 Å². The van der Waals surface area contributed by atoms with Crippen LogP contribution in [0.15, 0.2) is 0 Å². The molecular formula is C5H10N2+. The summed E-state index contributed by atoms with van der Waals surface area (Å²) < 4.78 is 0. The second-order valence-corrected chi connectivity index (χ2v) is 1.70. The molecule has 0 atom stereocenters. The summed E-state index contributed by atoms with van der Waals surface area (Å²) >= 11 is 0. The Bertz CT molecular complexity index is 60.5. The van der Waals surface area contributed by atoms with Gasteiger partial charge in [-0.2, -0.15) is 0 Å². The van der Waals surface area contributed by atoms with E-state index in [0.717, 1.165) is 13.1 Å². The highest BCUT2D eigenvalue weighted by atomic mass is 14.9. The number of rotatable bonds is 0. The lowest BCUT2D eigenvalue weighted by Gasteiger charge is -1.82. The normalized spacial score (nSPS) is 20.6. The largest absolute Gasteiger partial charge is 0.278 e. The van der Waals surface area contributed by atoms with Crippen molar-refractivity contribution in [1.29, 1.82) is 0 Å². The summed E-state index contributed by atoms with van der Waals surface area (Å²) in [5.74, 6) is 0. The van der Waals surface area contributed by atoms with E-state index in [9.17, 15) is 0 Å². The third-order valence-electron chi connectivity index (χ3n) is 1.04. The van der Waals surface area contributed by atoms with Crippen molar-refractivity contribution in [2.24, 2.45) is 0 Å². The lowest BCUT2D eigenvalue weighted by Crippen LogP contribution is -2.11. The van der Waals surface area contributed by atoms with E-state index in [2.05, 4.69) is 10.3 Å². The predicted octanol–water partition coefficient (Wildman–Crippen LogP) is -0.266. The summed E-state index contributed by atoms with van der Waals surface area (Å²) in [5, 5.41) is 3.06. The van der Waals surface area contributed by atoms with Crippen molar-refractivity contribution in [3.63, 3.8) is 0 Å². The summed E-state index contributed by atoms with van der Waals surface area (Å²) in [7, 11) is 0. The fourth-order valence-corrected chi connectivity index (χ4v) is 0.624. The summed E-state index contributed by atoms with van der Waals surface area (Å²) in [4.78, 5) is 4.03. The first-order chi connectivity index (χ1) is 3.50. The Kier molecular flexibility index (Phi) is 1.72. The van der Waals surface area contributed by atoms with Gasteiger partial charge in [0.05, 0.1) is 6.54 Å². The Balaban J connectivity index is 2.20. The zero-order valence-electron chi connectivity index (χ0n) is 4.35. The molecule has 0 aliphatic carbocycles. The average molecular weight is 98.1 g/mol. The van der Waals surface area contributed by atoms with E-state index in [1.54, 1.807) is 6.34 Å². The standard InChI is InChI=1S/C5H10N2/c1-2-4-7-5-6-3-1/h5-6H,1-4H2/q+1. The molecule has 0 saturated heterocycles. The molecule has 0 fully saturated rings. The van der Waals surface area contributed by atoms with E-state index in [4.69, 9.17) is 0 Å². The first kappa shape index (κ1) is 4.62. The number of nitrogens with one attached hydrogen (secondary N) is 1. The second-order valence-electron chi connectivity index (χ2n) is 1.70. The Hall–Kier alpha value is -0.530. The average Bonchev–Trinajstić information content (AvgIpc) is 1.90. The predicted molar refractivity (Wildman–Crippen MR) is 30.3 cm³/mol. The van der Waals surface area contributed by atoms with Crippen LogP contribution in [0.1, 0.15) is 12.8 Å². The maximum absolute atomic E-state index is 4.03. The lowest BCUT2D eigenvalue weighted by molar-refractivity contribution is 0.737. The van der Waals surface area contributed by atoms with E-state index in [0.29, 0.717) is 0 Å². The number of hydrogen-bond donors (Lipinski definition) is 1. The molecule has 1 aliphatic rings. The fraction of sp³-hybridized carbons (Fsp3) is 0.800. The van der Waals surface area contributed by atoms with Gasteiger partial charge in [-0.25, -0.2) is 0 Å². The molecule has 39 valence electrons. The topological polar surface area (TPSA) is 26.1 Å². The molecule has 0 unspecified atom stereocenters. The van der Waals surface area contributed by atoms with Gasteiger partial charge in [-0.05, 0) is 12.8 Å². The Morgan fingerprint density at radius 3 is 3.43 bits per heavy atom. The maximum atomic E-state index is 4.03. The van der Waals surface area contributed by atoms with Gasteiger partial charge in [0.1, 0.15) is 6.54 Å². The second kappa shape index (κ2) is 2.61. The number of nitrogens with zero attached hydrogens (tertiary/aromatic N) is 1. The monoisotopic (exact) mass is 98.1 g/mol. The smallest absolute Gasteiger partial charge is 0.273 e. The zero-order chi connectivity index (χ0) is 4.95. The molecular weight excluding hydrogens is 88.1 g/mol. The van der Waals surface area contributed by atoms with Crippen molar-refractivity contribution in [1.82, 2.24) is 10.3 Å². The van der Waals surface area contributed by atoms with Crippen LogP contribution >= 0.6 is 0 Å². The van der Waals surface area contributed by atoms with Gasteiger partial charge >= 0.3 is 0 Å².